The van der Waals surface area contributed by atoms with Crippen LogP contribution < -0.4 is 4.74 Å². The summed E-state index contributed by atoms with van der Waals surface area (Å²) in [6, 6.07) is 44.9. The molecule has 336 valence electrons. The number of carbonyl (C=O) groups is 1. The van der Waals surface area contributed by atoms with Gasteiger partial charge < -0.3 is 57.2 Å². The number of fused-ring (bicyclic) bond motifs is 1. The highest BCUT2D eigenvalue weighted by Gasteiger charge is 2.56. The summed E-state index contributed by atoms with van der Waals surface area (Å²) in [7, 11) is 1.61. The van der Waals surface area contributed by atoms with E-state index in [9.17, 15) is 9.90 Å². The Bertz CT molecular complexity index is 2160. The summed E-state index contributed by atoms with van der Waals surface area (Å²) in [6.07, 6.45) is -8.98. The van der Waals surface area contributed by atoms with Crippen molar-refractivity contribution in [3.05, 3.63) is 186 Å². The van der Waals surface area contributed by atoms with E-state index in [4.69, 9.17) is 52.1 Å². The second kappa shape index (κ2) is 22.6. The third kappa shape index (κ3) is 11.3. The van der Waals surface area contributed by atoms with Crippen LogP contribution in [0.2, 0.25) is 0 Å². The van der Waals surface area contributed by atoms with E-state index in [1.807, 2.05) is 121 Å². The van der Waals surface area contributed by atoms with E-state index in [1.54, 1.807) is 37.5 Å². The van der Waals surface area contributed by atoms with Gasteiger partial charge in [0.05, 0.1) is 52.3 Å². The lowest BCUT2D eigenvalue weighted by Crippen LogP contribution is -2.67. The summed E-state index contributed by atoms with van der Waals surface area (Å²) in [5, 5.41) is 11.1. The molecular formula is C51H54O13. The van der Waals surface area contributed by atoms with Gasteiger partial charge in [-0.3, -0.25) is 0 Å². The van der Waals surface area contributed by atoms with Gasteiger partial charge in [0.2, 0.25) is 0 Å². The van der Waals surface area contributed by atoms with Crippen molar-refractivity contribution in [3.8, 4) is 5.75 Å². The molecule has 13 heteroatoms. The molecular weight excluding hydrogens is 821 g/mol. The fourth-order valence-electron chi connectivity index (χ4n) is 7.97. The quantitative estimate of drug-likeness (QED) is 0.0667. The number of benzene rings is 5. The first-order valence-electron chi connectivity index (χ1n) is 21.4. The van der Waals surface area contributed by atoms with Crippen LogP contribution in [0.1, 0.15) is 38.9 Å². The lowest BCUT2D eigenvalue weighted by atomic mass is 9.95. The number of carbonyl (C=O) groups excluding carboxylic acids is 1. The number of rotatable bonds is 19. The molecule has 0 amide bonds. The zero-order chi connectivity index (χ0) is 44.1. The summed E-state index contributed by atoms with van der Waals surface area (Å²) >= 11 is 0. The Morgan fingerprint density at radius 2 is 1.23 bits per heavy atom. The Kier molecular flexibility index (Phi) is 16.0. The largest absolute Gasteiger partial charge is 0.497 e. The molecule has 8 rings (SSSR count). The van der Waals surface area contributed by atoms with E-state index in [1.165, 1.54) is 0 Å². The predicted molar refractivity (Wildman–Crippen MR) is 233 cm³/mol. The van der Waals surface area contributed by atoms with Gasteiger partial charge in [0.25, 0.3) is 0 Å². The van der Waals surface area contributed by atoms with Gasteiger partial charge in [0.1, 0.15) is 48.5 Å². The van der Waals surface area contributed by atoms with E-state index in [0.29, 0.717) is 11.3 Å². The van der Waals surface area contributed by atoms with Crippen molar-refractivity contribution in [2.45, 2.75) is 87.5 Å². The van der Waals surface area contributed by atoms with Crippen molar-refractivity contribution in [1.29, 1.82) is 0 Å². The second-order valence-electron chi connectivity index (χ2n) is 15.5. The summed E-state index contributed by atoms with van der Waals surface area (Å²) < 4.78 is 71.4. The first-order valence-corrected chi connectivity index (χ1v) is 21.4. The number of aliphatic hydroxyl groups is 1. The maximum absolute atomic E-state index is 14.0. The highest BCUT2D eigenvalue weighted by atomic mass is 16.8. The average molecular weight is 875 g/mol. The monoisotopic (exact) mass is 874 g/mol. The third-order valence-corrected chi connectivity index (χ3v) is 11.2. The van der Waals surface area contributed by atoms with Gasteiger partial charge in [-0.25, -0.2) is 4.79 Å². The van der Waals surface area contributed by atoms with Crippen molar-refractivity contribution < 1.29 is 62.0 Å². The Hall–Kier alpha value is -5.29. The topological polar surface area (TPSA) is 139 Å². The summed E-state index contributed by atoms with van der Waals surface area (Å²) in [6.45, 7) is 4.03. The van der Waals surface area contributed by atoms with Gasteiger partial charge in [0, 0.05) is 5.56 Å². The Labute approximate surface area is 373 Å². The number of hydrogen-bond donors (Lipinski definition) is 1. The highest BCUT2D eigenvalue weighted by Crippen LogP contribution is 2.39. The average Bonchev–Trinajstić information content (AvgIpc) is 3.35. The predicted octanol–water partition coefficient (Wildman–Crippen LogP) is 7.12. The smallest absolute Gasteiger partial charge is 0.338 e. The Morgan fingerprint density at radius 3 is 1.86 bits per heavy atom. The minimum Gasteiger partial charge on any atom is -0.497 e. The van der Waals surface area contributed by atoms with E-state index >= 15 is 0 Å². The Balaban J connectivity index is 1.15. The molecule has 0 saturated carbocycles. The van der Waals surface area contributed by atoms with Crippen molar-refractivity contribution in [1.82, 2.24) is 0 Å². The highest BCUT2D eigenvalue weighted by molar-refractivity contribution is 5.89. The fourth-order valence-corrected chi connectivity index (χ4v) is 7.97. The fraction of sp³-hybridized carbons (Fsp3) is 0.353. The minimum absolute atomic E-state index is 0.0928. The van der Waals surface area contributed by atoms with E-state index in [-0.39, 0.29) is 33.0 Å². The molecule has 5 aromatic carbocycles. The molecule has 0 bridgehead atoms. The molecule has 3 aliphatic heterocycles. The van der Waals surface area contributed by atoms with Gasteiger partial charge in [0.15, 0.2) is 25.0 Å². The van der Waals surface area contributed by atoms with Crippen molar-refractivity contribution >= 4 is 5.97 Å². The number of methoxy groups -OCH3 is 1. The molecule has 3 fully saturated rings. The minimum atomic E-state index is -1.20. The van der Waals surface area contributed by atoms with Crippen LogP contribution in [0, 0.1) is 0 Å². The zero-order valence-electron chi connectivity index (χ0n) is 35.6. The van der Waals surface area contributed by atoms with E-state index in [0.717, 1.165) is 22.3 Å². The SMILES string of the molecule is C=CCO[C@H]1[C@H]2OC(c3ccccc3)OC[C@H]2O[C@@H](O[C@H]2[C@H](OCc3ccccc3)[C@@H](OC(=O)c3ccccc3)[C@H](OCc3ccccc3)O[C@@H]2CO)[C@@H]1OCc1ccc(OC)cc1. The number of aliphatic hydroxyl groups excluding tert-OH is 1. The van der Waals surface area contributed by atoms with Crippen LogP contribution in [0.15, 0.2) is 158 Å². The van der Waals surface area contributed by atoms with Crippen molar-refractivity contribution in [2.24, 2.45) is 0 Å². The standard InChI is InChI=1S/C51H54O13/c1-3-28-55-44-43-41(33-59-49(63-43)38-22-14-7-15-23-38)61-51(46(44)57-31-36-24-26-39(54-2)27-25-36)64-42-40(29-52)60-50(58-32-35-18-10-5-11-19-35)47(62-48(53)37-20-12-6-13-21-37)45(42)56-30-34-16-8-4-9-17-34/h3-27,40-47,49-52H,1,28-33H2,2H3/t40-,41-,42-,43+,44+,45+,46-,47-,49?,50-,51+/m1/s1. The molecule has 0 spiro atoms. The number of esters is 1. The molecule has 11 atom stereocenters. The lowest BCUT2D eigenvalue weighted by Gasteiger charge is -2.51. The van der Waals surface area contributed by atoms with Crippen molar-refractivity contribution in [2.75, 3.05) is 26.9 Å². The molecule has 5 aromatic rings. The van der Waals surface area contributed by atoms with Crippen LogP contribution >= 0.6 is 0 Å². The van der Waals surface area contributed by atoms with Crippen LogP contribution in [0.4, 0.5) is 0 Å². The molecule has 3 heterocycles. The van der Waals surface area contributed by atoms with Crippen LogP contribution in [-0.4, -0.2) is 99.4 Å². The molecule has 1 unspecified atom stereocenters. The van der Waals surface area contributed by atoms with Crippen LogP contribution in [0.25, 0.3) is 0 Å². The molecule has 64 heavy (non-hydrogen) atoms. The first-order chi connectivity index (χ1) is 31.5. The second-order valence-corrected chi connectivity index (χ2v) is 15.5. The molecule has 3 aliphatic rings. The zero-order valence-corrected chi connectivity index (χ0v) is 35.6. The van der Waals surface area contributed by atoms with Gasteiger partial charge in [-0.2, -0.15) is 0 Å². The van der Waals surface area contributed by atoms with Crippen LogP contribution in [-0.2, 0) is 67.2 Å². The van der Waals surface area contributed by atoms with Crippen LogP contribution in [0.3, 0.4) is 0 Å². The number of hydrogen-bond acceptors (Lipinski definition) is 13. The molecule has 0 aromatic heterocycles. The van der Waals surface area contributed by atoms with Crippen LogP contribution in [0.5, 0.6) is 5.75 Å². The van der Waals surface area contributed by atoms with Gasteiger partial charge in [-0.15, -0.1) is 6.58 Å². The van der Waals surface area contributed by atoms with E-state index in [2.05, 4.69) is 6.58 Å². The lowest BCUT2D eigenvalue weighted by molar-refractivity contribution is -0.394. The molecule has 0 radical (unpaired) electrons. The van der Waals surface area contributed by atoms with Gasteiger partial charge in [-0.1, -0.05) is 127 Å². The third-order valence-electron chi connectivity index (χ3n) is 11.2. The number of ether oxygens (including phenoxy) is 11. The molecule has 13 nitrogen and oxygen atoms in total. The normalized spacial score (nSPS) is 27.8. The van der Waals surface area contributed by atoms with Gasteiger partial charge in [-0.05, 0) is 41.0 Å². The molecule has 0 aliphatic carbocycles. The molecule has 1 N–H and O–H groups in total. The first kappa shape index (κ1) is 45.3. The maximum atomic E-state index is 14.0. The van der Waals surface area contributed by atoms with Gasteiger partial charge >= 0.3 is 5.97 Å². The Morgan fingerprint density at radius 1 is 0.641 bits per heavy atom. The summed E-state index contributed by atoms with van der Waals surface area (Å²) in [4.78, 5) is 14.0. The maximum Gasteiger partial charge on any atom is 0.338 e. The summed E-state index contributed by atoms with van der Waals surface area (Å²) in [5.41, 5.74) is 3.71. The van der Waals surface area contributed by atoms with Crippen molar-refractivity contribution in [3.63, 3.8) is 0 Å². The molecule has 3 saturated heterocycles. The van der Waals surface area contributed by atoms with E-state index < -0.39 is 80.3 Å². The summed E-state index contributed by atoms with van der Waals surface area (Å²) in [5.74, 6) is 0.0721.